The van der Waals surface area contributed by atoms with Crippen molar-refractivity contribution in [1.29, 1.82) is 0 Å². The zero-order chi connectivity index (χ0) is 28.3. The predicted octanol–water partition coefficient (Wildman–Crippen LogP) is -0.152. The third-order valence-corrected chi connectivity index (χ3v) is 11.0. The van der Waals surface area contributed by atoms with Crippen molar-refractivity contribution < 1.29 is 49.3 Å². The number of methoxy groups -OCH3 is 4. The van der Waals surface area contributed by atoms with E-state index in [4.69, 9.17) is 18.9 Å². The normalized spacial score (nSPS) is 19.3. The van der Waals surface area contributed by atoms with E-state index in [1.807, 2.05) is 0 Å². The van der Waals surface area contributed by atoms with Crippen LogP contribution >= 0.6 is 0 Å². The molecule has 1 saturated heterocycles. The minimum absolute atomic E-state index is 0.0289. The summed E-state index contributed by atoms with van der Waals surface area (Å²) in [7, 11) is -7.25. The van der Waals surface area contributed by atoms with Crippen molar-refractivity contribution in [3.05, 3.63) is 36.4 Å². The fourth-order valence-electron chi connectivity index (χ4n) is 4.02. The molecule has 0 bridgehead atoms. The van der Waals surface area contributed by atoms with Crippen LogP contribution in [0.5, 0.6) is 23.0 Å². The van der Waals surface area contributed by atoms with Crippen molar-refractivity contribution in [2.75, 3.05) is 53.0 Å². The van der Waals surface area contributed by atoms with Crippen LogP contribution in [0, 0.1) is 0 Å². The van der Waals surface area contributed by atoms with Gasteiger partial charge < -0.3 is 24.1 Å². The first-order valence-corrected chi connectivity index (χ1v) is 15.9. The van der Waals surface area contributed by atoms with Crippen LogP contribution in [0.3, 0.4) is 0 Å². The summed E-state index contributed by atoms with van der Waals surface area (Å²) in [6.07, 6.45) is -1.53. The molecule has 0 unspecified atom stereocenters. The Morgan fingerprint density at radius 2 is 1.39 bits per heavy atom. The lowest BCUT2D eigenvalue weighted by atomic mass is 10.2. The quantitative estimate of drug-likeness (QED) is 0.334. The third-order valence-electron chi connectivity index (χ3n) is 5.91. The van der Waals surface area contributed by atoms with E-state index < -0.39 is 66.6 Å². The Balaban J connectivity index is 1.98. The Labute approximate surface area is 222 Å². The van der Waals surface area contributed by atoms with Crippen LogP contribution in [0.25, 0.3) is 0 Å². The molecule has 0 aromatic heterocycles. The summed E-state index contributed by atoms with van der Waals surface area (Å²) in [4.78, 5) is -0.583. The molecule has 2 atom stereocenters. The van der Waals surface area contributed by atoms with Gasteiger partial charge in [-0.25, -0.2) is 30.0 Å². The lowest BCUT2D eigenvalue weighted by molar-refractivity contribution is 0.128. The van der Waals surface area contributed by atoms with Gasteiger partial charge in [0.05, 0.1) is 52.1 Å². The van der Waals surface area contributed by atoms with Crippen LogP contribution in [0.2, 0.25) is 0 Å². The van der Waals surface area contributed by atoms with Crippen LogP contribution in [-0.2, 0) is 29.9 Å². The highest BCUT2D eigenvalue weighted by molar-refractivity contribution is 7.92. The van der Waals surface area contributed by atoms with Gasteiger partial charge in [-0.05, 0) is 24.3 Å². The summed E-state index contributed by atoms with van der Waals surface area (Å²) in [6, 6.07) is 6.83. The molecule has 0 amide bonds. The number of aliphatic hydroxyl groups excluding tert-OH is 1. The van der Waals surface area contributed by atoms with Gasteiger partial charge in [-0.15, -0.1) is 0 Å². The lowest BCUT2D eigenvalue weighted by Crippen LogP contribution is -2.49. The molecule has 0 saturated carbocycles. The number of sulfone groups is 1. The Morgan fingerprint density at radius 1 is 0.868 bits per heavy atom. The summed E-state index contributed by atoms with van der Waals surface area (Å²) in [5, 5.41) is 10.5. The molecular formula is C22H30N2O11S3. The first kappa shape index (κ1) is 29.9. The second kappa shape index (κ2) is 11.6. The Hall–Kier alpha value is -2.63. The second-order valence-electron chi connectivity index (χ2n) is 8.26. The fourth-order valence-corrected chi connectivity index (χ4v) is 8.95. The zero-order valence-electron chi connectivity index (χ0n) is 21.1. The summed E-state index contributed by atoms with van der Waals surface area (Å²) in [5.74, 6) is -0.856. The monoisotopic (exact) mass is 594 g/mol. The van der Waals surface area contributed by atoms with Gasteiger partial charge in [0.2, 0.25) is 20.0 Å². The molecule has 2 aromatic carbocycles. The van der Waals surface area contributed by atoms with Crippen LogP contribution in [0.4, 0.5) is 0 Å². The van der Waals surface area contributed by atoms with Gasteiger partial charge in [0.15, 0.2) is 9.84 Å². The van der Waals surface area contributed by atoms with E-state index in [1.54, 1.807) is 0 Å². The first-order valence-electron chi connectivity index (χ1n) is 11.1. The molecular weight excluding hydrogens is 564 g/mol. The summed E-state index contributed by atoms with van der Waals surface area (Å²) >= 11 is 0. The molecule has 3 rings (SSSR count). The van der Waals surface area contributed by atoms with Gasteiger partial charge >= 0.3 is 0 Å². The highest BCUT2D eigenvalue weighted by Crippen LogP contribution is 2.33. The number of ether oxygens (including phenoxy) is 4. The van der Waals surface area contributed by atoms with E-state index in [9.17, 15) is 30.4 Å². The molecule has 1 aliphatic heterocycles. The number of sulfonamides is 2. The maximum atomic E-state index is 13.8. The number of aliphatic hydroxyl groups is 1. The molecule has 2 aromatic rings. The van der Waals surface area contributed by atoms with Gasteiger partial charge in [0, 0.05) is 25.2 Å². The molecule has 13 nitrogen and oxygen atoms in total. The molecule has 2 N–H and O–H groups in total. The van der Waals surface area contributed by atoms with Gasteiger partial charge in [-0.2, -0.15) is 4.31 Å². The molecule has 0 radical (unpaired) electrons. The Kier molecular flexibility index (Phi) is 9.16. The van der Waals surface area contributed by atoms with Gasteiger partial charge in [-0.3, -0.25) is 0 Å². The molecule has 1 heterocycles. The molecule has 0 spiro atoms. The lowest BCUT2D eigenvalue weighted by Gasteiger charge is -2.30. The average molecular weight is 595 g/mol. The zero-order valence-corrected chi connectivity index (χ0v) is 23.6. The van der Waals surface area contributed by atoms with Crippen LogP contribution in [0.1, 0.15) is 0 Å². The molecule has 38 heavy (non-hydrogen) atoms. The molecule has 1 aliphatic rings. The van der Waals surface area contributed by atoms with E-state index in [0.29, 0.717) is 0 Å². The molecule has 212 valence electrons. The van der Waals surface area contributed by atoms with E-state index >= 15 is 0 Å². The van der Waals surface area contributed by atoms with Crippen molar-refractivity contribution in [1.82, 2.24) is 9.03 Å². The first-order chi connectivity index (χ1) is 17.8. The topological polar surface area (TPSA) is 175 Å². The largest absolute Gasteiger partial charge is 0.497 e. The van der Waals surface area contributed by atoms with Crippen molar-refractivity contribution in [3.63, 3.8) is 0 Å². The Bertz CT molecular complexity index is 1480. The number of hydrogen-bond donors (Lipinski definition) is 2. The van der Waals surface area contributed by atoms with E-state index in [0.717, 1.165) is 4.31 Å². The maximum Gasteiger partial charge on any atom is 0.247 e. The SMILES string of the molecule is COc1ccc(OC)c(S(=O)(=O)NCCN([C@H]2CS(=O)(=O)C[C@H]2O)S(=O)(=O)c2cc(OC)ccc2OC)c1. The summed E-state index contributed by atoms with van der Waals surface area (Å²) in [6.45, 7) is -0.969. The van der Waals surface area contributed by atoms with Gasteiger partial charge in [0.25, 0.3) is 0 Å². The minimum Gasteiger partial charge on any atom is -0.497 e. The number of rotatable bonds is 12. The minimum atomic E-state index is -4.52. The maximum absolute atomic E-state index is 13.8. The highest BCUT2D eigenvalue weighted by atomic mass is 32.2. The van der Waals surface area contributed by atoms with Crippen molar-refractivity contribution >= 4 is 29.9 Å². The molecule has 0 aliphatic carbocycles. The second-order valence-corrected chi connectivity index (χ2v) is 14.0. The van der Waals surface area contributed by atoms with Gasteiger partial charge in [0.1, 0.15) is 32.8 Å². The number of hydrogen-bond acceptors (Lipinski definition) is 11. The number of benzene rings is 2. The van der Waals surface area contributed by atoms with Crippen molar-refractivity contribution in [3.8, 4) is 23.0 Å². The third kappa shape index (κ3) is 6.32. The Morgan fingerprint density at radius 3 is 1.87 bits per heavy atom. The van der Waals surface area contributed by atoms with Crippen molar-refractivity contribution in [2.24, 2.45) is 0 Å². The standard InChI is InChI=1S/C22H30N2O11S3/c1-32-15-5-7-19(34-3)21(11-15)37(28,29)23-9-10-24(17-13-36(26,27)14-18(17)25)38(30,31)22-12-16(33-2)6-8-20(22)35-4/h5-8,11-12,17-18,23,25H,9-10,13-14H2,1-4H3/t17-,18+/m0/s1. The molecule has 1 fully saturated rings. The summed E-state index contributed by atoms with van der Waals surface area (Å²) in [5.41, 5.74) is 0. The van der Waals surface area contributed by atoms with E-state index in [2.05, 4.69) is 4.72 Å². The smallest absolute Gasteiger partial charge is 0.247 e. The van der Waals surface area contributed by atoms with Crippen LogP contribution in [-0.4, -0.2) is 99.8 Å². The van der Waals surface area contributed by atoms with Crippen LogP contribution < -0.4 is 23.7 Å². The number of nitrogens with one attached hydrogen (secondary N) is 1. The summed E-state index contributed by atoms with van der Waals surface area (Å²) < 4.78 is 102. The van der Waals surface area contributed by atoms with E-state index in [1.165, 1.54) is 64.8 Å². The fraction of sp³-hybridized carbons (Fsp3) is 0.455. The van der Waals surface area contributed by atoms with Crippen molar-refractivity contribution in [2.45, 2.75) is 21.9 Å². The predicted molar refractivity (Wildman–Crippen MR) is 137 cm³/mol. The average Bonchev–Trinajstić information content (AvgIpc) is 3.16. The van der Waals surface area contributed by atoms with Crippen LogP contribution in [0.15, 0.2) is 46.2 Å². The number of nitrogens with zero attached hydrogens (tertiary/aromatic N) is 1. The van der Waals surface area contributed by atoms with E-state index in [-0.39, 0.29) is 32.8 Å². The molecule has 16 heteroatoms. The highest BCUT2D eigenvalue weighted by Gasteiger charge is 2.45. The van der Waals surface area contributed by atoms with Gasteiger partial charge in [-0.1, -0.05) is 0 Å².